The summed E-state index contributed by atoms with van der Waals surface area (Å²) in [5.41, 5.74) is 2.01. The fraction of sp³-hybridized carbons (Fsp3) is 0.667. The van der Waals surface area contributed by atoms with Crippen LogP contribution in [-0.2, 0) is 16.8 Å². The van der Waals surface area contributed by atoms with Crippen molar-refractivity contribution in [2.75, 3.05) is 0 Å². The van der Waals surface area contributed by atoms with Crippen molar-refractivity contribution in [2.45, 2.75) is 46.6 Å². The number of hydrogen-bond acceptors (Lipinski definition) is 2. The monoisotopic (exact) mass is 224 g/mol. The quantitative estimate of drug-likeness (QED) is 0.856. The third kappa shape index (κ3) is 2.62. The van der Waals surface area contributed by atoms with Crippen LogP contribution >= 0.6 is 0 Å². The molecule has 1 aromatic rings. The van der Waals surface area contributed by atoms with Crippen LogP contribution in [0.25, 0.3) is 0 Å². The highest BCUT2D eigenvalue weighted by atomic mass is 16.4. The average Bonchev–Trinajstić information content (AvgIpc) is 2.46. The van der Waals surface area contributed by atoms with Crippen molar-refractivity contribution < 1.29 is 9.90 Å². The zero-order valence-corrected chi connectivity index (χ0v) is 10.6. The minimum Gasteiger partial charge on any atom is -0.481 e. The summed E-state index contributed by atoms with van der Waals surface area (Å²) < 4.78 is 1.94. The molecular weight excluding hydrogens is 204 g/mol. The van der Waals surface area contributed by atoms with Gasteiger partial charge in [-0.2, -0.15) is 5.10 Å². The Labute approximate surface area is 96.3 Å². The second-order valence-electron chi connectivity index (χ2n) is 5.28. The minimum absolute atomic E-state index is 0.0607. The van der Waals surface area contributed by atoms with E-state index in [2.05, 4.69) is 25.9 Å². The molecule has 0 saturated carbocycles. The number of aromatic nitrogens is 2. The van der Waals surface area contributed by atoms with Gasteiger partial charge in [-0.25, -0.2) is 0 Å². The minimum atomic E-state index is -0.761. The number of carboxylic acids is 1. The molecule has 16 heavy (non-hydrogen) atoms. The van der Waals surface area contributed by atoms with Crippen molar-refractivity contribution in [3.05, 3.63) is 17.5 Å². The summed E-state index contributed by atoms with van der Waals surface area (Å²) in [6.07, 6.45) is 2.32. The number of hydrogen-bond donors (Lipinski definition) is 1. The molecule has 0 aromatic carbocycles. The zero-order chi connectivity index (χ0) is 12.5. The van der Waals surface area contributed by atoms with Gasteiger partial charge in [0.25, 0.3) is 0 Å². The predicted octanol–water partition coefficient (Wildman–Crippen LogP) is 2.21. The van der Waals surface area contributed by atoms with Crippen LogP contribution in [0.1, 0.15) is 39.0 Å². The van der Waals surface area contributed by atoms with Gasteiger partial charge in [-0.15, -0.1) is 0 Å². The highest BCUT2D eigenvalue weighted by Gasteiger charge is 2.20. The molecule has 1 aromatic heterocycles. The molecule has 4 heteroatoms. The van der Waals surface area contributed by atoms with Crippen LogP contribution in [0.5, 0.6) is 0 Å². The fourth-order valence-electron chi connectivity index (χ4n) is 1.74. The van der Waals surface area contributed by atoms with Gasteiger partial charge < -0.3 is 5.11 Å². The molecule has 0 spiro atoms. The molecule has 1 heterocycles. The highest BCUT2D eigenvalue weighted by molar-refractivity contribution is 5.69. The maximum Gasteiger partial charge on any atom is 0.306 e. The van der Waals surface area contributed by atoms with Crippen LogP contribution < -0.4 is 0 Å². The molecule has 1 N–H and O–H groups in total. The first-order valence-electron chi connectivity index (χ1n) is 5.50. The Morgan fingerprint density at radius 1 is 1.56 bits per heavy atom. The first-order valence-corrected chi connectivity index (χ1v) is 5.50. The van der Waals surface area contributed by atoms with Gasteiger partial charge in [-0.05, 0) is 39.7 Å². The number of nitrogens with zero attached hydrogens (tertiary/aromatic N) is 2. The van der Waals surface area contributed by atoms with Gasteiger partial charge in [0.15, 0.2) is 0 Å². The van der Waals surface area contributed by atoms with E-state index in [-0.39, 0.29) is 11.5 Å². The lowest BCUT2D eigenvalue weighted by Gasteiger charge is -2.21. The number of rotatable bonds is 3. The molecule has 1 unspecified atom stereocenters. The van der Waals surface area contributed by atoms with Gasteiger partial charge in [0.05, 0.1) is 17.7 Å². The van der Waals surface area contributed by atoms with Crippen LogP contribution in [0.3, 0.4) is 0 Å². The smallest absolute Gasteiger partial charge is 0.306 e. The van der Waals surface area contributed by atoms with E-state index in [1.165, 1.54) is 0 Å². The molecule has 90 valence electrons. The first kappa shape index (κ1) is 12.7. The Morgan fingerprint density at radius 2 is 2.12 bits per heavy atom. The third-order valence-corrected chi connectivity index (χ3v) is 2.69. The molecule has 0 radical (unpaired) electrons. The second-order valence-corrected chi connectivity index (χ2v) is 5.28. The first-order chi connectivity index (χ1) is 7.23. The fourth-order valence-corrected chi connectivity index (χ4v) is 1.74. The molecule has 1 atom stereocenters. The molecule has 0 amide bonds. The summed E-state index contributed by atoms with van der Waals surface area (Å²) >= 11 is 0. The van der Waals surface area contributed by atoms with Crippen LogP contribution in [0.4, 0.5) is 0 Å². The SMILES string of the molecule is Cc1c(CC(C)C(=O)O)cnn1C(C)(C)C. The van der Waals surface area contributed by atoms with Crippen LogP contribution in [-0.4, -0.2) is 20.9 Å². The maximum absolute atomic E-state index is 10.8. The third-order valence-electron chi connectivity index (χ3n) is 2.69. The van der Waals surface area contributed by atoms with Crippen molar-refractivity contribution in [1.29, 1.82) is 0 Å². The van der Waals surface area contributed by atoms with Crippen LogP contribution in [0, 0.1) is 12.8 Å². The topological polar surface area (TPSA) is 55.1 Å². The van der Waals surface area contributed by atoms with Gasteiger partial charge in [0, 0.05) is 5.69 Å². The normalized spacial score (nSPS) is 13.8. The summed E-state index contributed by atoms with van der Waals surface area (Å²) in [4.78, 5) is 10.8. The Kier molecular flexibility index (Phi) is 3.41. The number of aliphatic carboxylic acids is 1. The molecule has 0 aliphatic rings. The van der Waals surface area contributed by atoms with Gasteiger partial charge in [-0.3, -0.25) is 9.48 Å². The predicted molar refractivity (Wildman–Crippen MR) is 62.5 cm³/mol. The maximum atomic E-state index is 10.8. The van der Waals surface area contributed by atoms with E-state index >= 15 is 0 Å². The van der Waals surface area contributed by atoms with Gasteiger partial charge in [0.2, 0.25) is 0 Å². The Balaban J connectivity index is 2.93. The summed E-state index contributed by atoms with van der Waals surface area (Å²) in [6, 6.07) is 0. The summed E-state index contributed by atoms with van der Waals surface area (Å²) in [5, 5.41) is 13.2. The van der Waals surface area contributed by atoms with E-state index in [0.717, 1.165) is 11.3 Å². The number of carbonyl (C=O) groups is 1. The summed E-state index contributed by atoms with van der Waals surface area (Å²) in [7, 11) is 0. The Bertz CT molecular complexity index is 388. The Hall–Kier alpha value is -1.32. The largest absolute Gasteiger partial charge is 0.481 e. The average molecular weight is 224 g/mol. The summed E-state index contributed by atoms with van der Waals surface area (Å²) in [5.74, 6) is -1.13. The van der Waals surface area contributed by atoms with Crippen molar-refractivity contribution >= 4 is 5.97 Å². The molecule has 1 rings (SSSR count). The van der Waals surface area contributed by atoms with E-state index in [9.17, 15) is 4.79 Å². The van der Waals surface area contributed by atoms with E-state index in [0.29, 0.717) is 6.42 Å². The van der Waals surface area contributed by atoms with Crippen LogP contribution in [0.15, 0.2) is 6.20 Å². The molecule has 0 bridgehead atoms. The van der Waals surface area contributed by atoms with E-state index in [1.54, 1.807) is 13.1 Å². The van der Waals surface area contributed by atoms with Gasteiger partial charge >= 0.3 is 5.97 Å². The lowest BCUT2D eigenvalue weighted by atomic mass is 10.0. The molecule has 0 aliphatic heterocycles. The van der Waals surface area contributed by atoms with Crippen molar-refractivity contribution in [3.8, 4) is 0 Å². The van der Waals surface area contributed by atoms with Crippen molar-refractivity contribution in [2.24, 2.45) is 5.92 Å². The highest BCUT2D eigenvalue weighted by Crippen LogP contribution is 2.20. The molecule has 0 aliphatic carbocycles. The Morgan fingerprint density at radius 3 is 2.50 bits per heavy atom. The molecule has 4 nitrogen and oxygen atoms in total. The van der Waals surface area contributed by atoms with Crippen LogP contribution in [0.2, 0.25) is 0 Å². The summed E-state index contributed by atoms with van der Waals surface area (Å²) in [6.45, 7) is 9.95. The van der Waals surface area contributed by atoms with E-state index in [4.69, 9.17) is 5.11 Å². The standard InChI is InChI=1S/C12H20N2O2/c1-8(11(15)16)6-10-7-13-14(9(10)2)12(3,4)5/h7-8H,6H2,1-5H3,(H,15,16). The lowest BCUT2D eigenvalue weighted by Crippen LogP contribution is -2.24. The lowest BCUT2D eigenvalue weighted by molar-refractivity contribution is -0.141. The van der Waals surface area contributed by atoms with Gasteiger partial charge in [-0.1, -0.05) is 6.92 Å². The van der Waals surface area contributed by atoms with Gasteiger partial charge in [0.1, 0.15) is 0 Å². The van der Waals surface area contributed by atoms with Crippen molar-refractivity contribution in [3.63, 3.8) is 0 Å². The molecule has 0 fully saturated rings. The zero-order valence-electron chi connectivity index (χ0n) is 10.6. The molecule has 0 saturated heterocycles. The molecular formula is C12H20N2O2. The van der Waals surface area contributed by atoms with E-state index in [1.807, 2.05) is 11.6 Å². The van der Waals surface area contributed by atoms with Crippen molar-refractivity contribution in [1.82, 2.24) is 9.78 Å². The second kappa shape index (κ2) is 4.28. The number of carboxylic acid groups (broad SMARTS) is 1. The van der Waals surface area contributed by atoms with E-state index < -0.39 is 5.97 Å².